The van der Waals surface area contributed by atoms with Crippen LogP contribution in [-0.4, -0.2) is 70.9 Å². The van der Waals surface area contributed by atoms with Gasteiger partial charge in [0.25, 0.3) is 0 Å². The summed E-state index contributed by atoms with van der Waals surface area (Å²) in [5.74, 6) is -5.82. The Morgan fingerprint density at radius 3 is 1.70 bits per heavy atom. The number of carbonyl (C=O) groups is 3. The second-order valence-corrected chi connectivity index (χ2v) is 7.24. The molecular formula is C21H20N2O7. The summed E-state index contributed by atoms with van der Waals surface area (Å²) in [6, 6.07) is 2.49. The number of likely N-dealkylation sites (N-methyl/N-ethyl adjacent to an activating group) is 1. The molecule has 0 unspecified atom stereocenters. The average molecular weight is 412 g/mol. The Hall–Kier alpha value is -4.01. The van der Waals surface area contributed by atoms with E-state index in [1.54, 1.807) is 38.0 Å². The lowest BCUT2D eigenvalue weighted by atomic mass is 9.95. The Balaban J connectivity index is 2.25. The van der Waals surface area contributed by atoms with Crippen LogP contribution in [0.3, 0.4) is 0 Å². The van der Waals surface area contributed by atoms with Gasteiger partial charge in [-0.2, -0.15) is 0 Å². The summed E-state index contributed by atoms with van der Waals surface area (Å²) in [7, 11) is 6.61. The monoisotopic (exact) mass is 412 g/mol. The Kier molecular flexibility index (Phi) is 4.91. The number of allylic oxidation sites excluding steroid dienone is 5. The van der Waals surface area contributed by atoms with Gasteiger partial charge in [0.05, 0.1) is 22.3 Å². The number of carbonyl (C=O) groups excluding carboxylic acids is 3. The van der Waals surface area contributed by atoms with Crippen LogP contribution in [0, 0.1) is 0 Å². The highest BCUT2D eigenvalue weighted by Crippen LogP contribution is 2.44. The minimum atomic E-state index is -1.23. The van der Waals surface area contributed by atoms with Crippen molar-refractivity contribution in [2.24, 2.45) is 0 Å². The summed E-state index contributed by atoms with van der Waals surface area (Å²) in [6.45, 7) is 0. The number of phenolic OH excluding ortho intramolecular Hbond substituents is 2. The van der Waals surface area contributed by atoms with Crippen LogP contribution in [0.25, 0.3) is 5.57 Å². The minimum absolute atomic E-state index is 0.358. The molecule has 0 saturated heterocycles. The van der Waals surface area contributed by atoms with E-state index in [9.17, 15) is 34.8 Å². The smallest absolute Gasteiger partial charge is 0.238 e. The van der Waals surface area contributed by atoms with Crippen molar-refractivity contribution in [2.75, 3.05) is 33.1 Å². The predicted molar refractivity (Wildman–Crippen MR) is 108 cm³/mol. The van der Waals surface area contributed by atoms with Crippen LogP contribution in [0.5, 0.6) is 11.5 Å². The standard InChI is InChI=1S/C21H20N2O7/c1-22(2)9-5-11(24)15(12(25)6-9)17-19(28)18(21(30)20(17)29)16-13(26)7-10(23(3)4)8-14(16)27/h5-8,24-26,28H,1-4H3/b18-16+. The van der Waals surface area contributed by atoms with Gasteiger partial charge in [-0.1, -0.05) is 0 Å². The van der Waals surface area contributed by atoms with Crippen molar-refractivity contribution in [1.82, 2.24) is 4.90 Å². The number of aliphatic hydroxyl groups is 2. The molecule has 30 heavy (non-hydrogen) atoms. The van der Waals surface area contributed by atoms with Crippen LogP contribution < -0.4 is 4.90 Å². The molecule has 0 aromatic heterocycles. The fourth-order valence-corrected chi connectivity index (χ4v) is 3.24. The fourth-order valence-electron chi connectivity index (χ4n) is 3.24. The van der Waals surface area contributed by atoms with Crippen molar-refractivity contribution in [3.05, 3.63) is 58.2 Å². The molecular weight excluding hydrogens is 392 g/mol. The van der Waals surface area contributed by atoms with Gasteiger partial charge in [0.1, 0.15) is 23.0 Å². The minimum Gasteiger partial charge on any atom is -0.507 e. The van der Waals surface area contributed by atoms with E-state index in [0.29, 0.717) is 11.4 Å². The Morgan fingerprint density at radius 2 is 1.23 bits per heavy atom. The molecule has 156 valence electrons. The molecule has 0 radical (unpaired) electrons. The first-order valence-corrected chi connectivity index (χ1v) is 8.80. The molecule has 0 heterocycles. The number of aliphatic hydroxyl groups excluding tert-OH is 2. The maximum atomic E-state index is 12.6. The molecule has 4 N–H and O–H groups in total. The Morgan fingerprint density at radius 1 is 0.700 bits per heavy atom. The summed E-state index contributed by atoms with van der Waals surface area (Å²) in [6.07, 6.45) is 2.36. The third kappa shape index (κ3) is 3.10. The van der Waals surface area contributed by atoms with Gasteiger partial charge in [0.15, 0.2) is 5.78 Å². The molecule has 2 aliphatic carbocycles. The van der Waals surface area contributed by atoms with Crippen molar-refractivity contribution in [2.45, 2.75) is 0 Å². The third-order valence-corrected chi connectivity index (χ3v) is 4.81. The highest BCUT2D eigenvalue weighted by Gasteiger charge is 2.43. The maximum Gasteiger partial charge on any atom is 0.238 e. The van der Waals surface area contributed by atoms with Crippen molar-refractivity contribution in [1.29, 1.82) is 0 Å². The van der Waals surface area contributed by atoms with E-state index in [0.717, 1.165) is 6.08 Å². The summed E-state index contributed by atoms with van der Waals surface area (Å²) in [5, 5.41) is 41.7. The molecule has 0 bridgehead atoms. The topological polar surface area (TPSA) is 139 Å². The second kappa shape index (κ2) is 7.11. The van der Waals surface area contributed by atoms with Gasteiger partial charge < -0.3 is 30.2 Å². The van der Waals surface area contributed by atoms with Crippen molar-refractivity contribution < 1.29 is 34.8 Å². The number of nitrogens with zero attached hydrogens (tertiary/aromatic N) is 2. The quantitative estimate of drug-likeness (QED) is 0.428. The molecule has 9 heteroatoms. The Bertz CT molecular complexity index is 1110. The van der Waals surface area contributed by atoms with Crippen LogP contribution in [0.15, 0.2) is 52.6 Å². The molecule has 0 fully saturated rings. The van der Waals surface area contributed by atoms with Gasteiger partial charge in [0, 0.05) is 63.9 Å². The van der Waals surface area contributed by atoms with Crippen LogP contribution in [-0.2, 0) is 14.4 Å². The molecule has 1 aromatic rings. The third-order valence-electron chi connectivity index (χ3n) is 4.81. The number of aromatic hydroxyl groups is 2. The van der Waals surface area contributed by atoms with Gasteiger partial charge in [-0.15, -0.1) is 0 Å². The van der Waals surface area contributed by atoms with E-state index in [1.165, 1.54) is 18.2 Å². The lowest BCUT2D eigenvalue weighted by Crippen LogP contribution is -2.20. The first-order chi connectivity index (χ1) is 14.0. The molecule has 0 aliphatic heterocycles. The number of rotatable bonds is 3. The molecule has 0 saturated carbocycles. The van der Waals surface area contributed by atoms with Crippen LogP contribution in [0.1, 0.15) is 5.56 Å². The first-order valence-electron chi connectivity index (χ1n) is 8.80. The lowest BCUT2D eigenvalue weighted by Gasteiger charge is -2.19. The number of hydrogen-bond acceptors (Lipinski definition) is 9. The van der Waals surface area contributed by atoms with Gasteiger partial charge in [-0.05, 0) is 0 Å². The lowest BCUT2D eigenvalue weighted by molar-refractivity contribution is -0.130. The molecule has 9 nitrogen and oxygen atoms in total. The fraction of sp³-hybridized carbons (Fsp3) is 0.190. The zero-order valence-corrected chi connectivity index (χ0v) is 16.7. The number of Topliss-reactive ketones (excluding diaryl/α,β-unsaturated/α-hetero) is 2. The Labute approximate surface area is 171 Å². The maximum absolute atomic E-state index is 12.6. The SMILES string of the molecule is CN(C)C1=CC(=O)/C(=C2/C(=O)C(=O)C(c3c(O)cc(N(C)C)cc3O)=C2O)C(O)=C1. The first kappa shape index (κ1) is 20.7. The van der Waals surface area contributed by atoms with E-state index < -0.39 is 62.6 Å². The molecule has 3 rings (SSSR count). The summed E-state index contributed by atoms with van der Waals surface area (Å²) < 4.78 is 0. The molecule has 0 amide bonds. The largest absolute Gasteiger partial charge is 0.507 e. The summed E-state index contributed by atoms with van der Waals surface area (Å²) in [5.41, 5.74) is -1.53. The van der Waals surface area contributed by atoms with Gasteiger partial charge in [-0.25, -0.2) is 0 Å². The van der Waals surface area contributed by atoms with E-state index in [2.05, 4.69) is 0 Å². The van der Waals surface area contributed by atoms with Crippen molar-refractivity contribution in [3.63, 3.8) is 0 Å². The number of anilines is 1. The number of phenols is 2. The van der Waals surface area contributed by atoms with E-state index in [4.69, 9.17) is 0 Å². The summed E-state index contributed by atoms with van der Waals surface area (Å²) >= 11 is 0. The van der Waals surface area contributed by atoms with Crippen molar-refractivity contribution >= 4 is 28.6 Å². The number of hydrogen-bond donors (Lipinski definition) is 4. The number of benzene rings is 1. The molecule has 2 aliphatic rings. The van der Waals surface area contributed by atoms with Gasteiger partial charge in [-0.3, -0.25) is 14.4 Å². The van der Waals surface area contributed by atoms with E-state index in [1.807, 2.05) is 0 Å². The van der Waals surface area contributed by atoms with Crippen LogP contribution in [0.4, 0.5) is 5.69 Å². The molecule has 0 spiro atoms. The van der Waals surface area contributed by atoms with Crippen LogP contribution in [0.2, 0.25) is 0 Å². The number of ketones is 3. The average Bonchev–Trinajstić information content (AvgIpc) is 2.85. The predicted octanol–water partition coefficient (Wildman–Crippen LogP) is 1.35. The van der Waals surface area contributed by atoms with Crippen LogP contribution >= 0.6 is 0 Å². The normalized spacial score (nSPS) is 19.3. The van der Waals surface area contributed by atoms with E-state index in [-0.39, 0.29) is 0 Å². The second-order valence-electron chi connectivity index (χ2n) is 7.24. The molecule has 0 atom stereocenters. The highest BCUT2D eigenvalue weighted by molar-refractivity contribution is 6.63. The van der Waals surface area contributed by atoms with Crippen molar-refractivity contribution in [3.8, 4) is 11.5 Å². The summed E-state index contributed by atoms with van der Waals surface area (Å²) in [4.78, 5) is 40.9. The van der Waals surface area contributed by atoms with Gasteiger partial charge in [0.2, 0.25) is 11.6 Å². The zero-order valence-electron chi connectivity index (χ0n) is 16.7. The highest BCUT2D eigenvalue weighted by atomic mass is 16.3. The zero-order chi connectivity index (χ0) is 22.5. The molecule has 1 aromatic carbocycles. The van der Waals surface area contributed by atoms with Gasteiger partial charge >= 0.3 is 0 Å². The van der Waals surface area contributed by atoms with E-state index >= 15 is 0 Å².